The van der Waals surface area contributed by atoms with Crippen LogP contribution in [-0.4, -0.2) is 39.4 Å². The smallest absolute Gasteiger partial charge is 0.0860 e. The maximum Gasteiger partial charge on any atom is 0.0860 e. The molecule has 2 heterocycles. The van der Waals surface area contributed by atoms with Crippen LogP contribution in [0.2, 0.25) is 5.02 Å². The van der Waals surface area contributed by atoms with Crippen molar-refractivity contribution in [2.75, 3.05) is 13.1 Å². The maximum atomic E-state index is 6.44. The van der Waals surface area contributed by atoms with Crippen molar-refractivity contribution in [1.82, 2.24) is 20.0 Å². The fourth-order valence-electron chi connectivity index (χ4n) is 3.21. The van der Waals surface area contributed by atoms with E-state index in [4.69, 9.17) is 11.6 Å². The summed E-state index contributed by atoms with van der Waals surface area (Å²) >= 11 is 6.44. The Labute approximate surface area is 133 Å². The normalized spacial score (nSPS) is 27.2. The molecule has 4 nitrogen and oxygen atoms in total. The number of nitrogens with one attached hydrogen (secondary N) is 1. The number of piperazine rings is 1. The Kier molecular flexibility index (Phi) is 5.33. The van der Waals surface area contributed by atoms with Gasteiger partial charge in [-0.15, -0.1) is 0 Å². The van der Waals surface area contributed by atoms with Crippen molar-refractivity contribution in [2.24, 2.45) is 7.05 Å². The van der Waals surface area contributed by atoms with E-state index in [0.29, 0.717) is 6.04 Å². The number of aryl methyl sites for hydroxylation is 2. The van der Waals surface area contributed by atoms with Crippen molar-refractivity contribution in [3.05, 3.63) is 16.4 Å². The quantitative estimate of drug-likeness (QED) is 0.907. The second-order valence-corrected chi connectivity index (χ2v) is 6.99. The van der Waals surface area contributed by atoms with E-state index < -0.39 is 0 Å². The summed E-state index contributed by atoms with van der Waals surface area (Å²) in [5.41, 5.74) is 2.26. The third-order valence-electron chi connectivity index (χ3n) is 4.85. The maximum absolute atomic E-state index is 6.44. The topological polar surface area (TPSA) is 33.1 Å². The van der Waals surface area contributed by atoms with Crippen molar-refractivity contribution >= 4 is 11.6 Å². The Morgan fingerprint density at radius 3 is 2.67 bits per heavy atom. The van der Waals surface area contributed by atoms with Crippen LogP contribution in [0.3, 0.4) is 0 Å². The van der Waals surface area contributed by atoms with Gasteiger partial charge in [0.15, 0.2) is 0 Å². The third kappa shape index (κ3) is 3.61. The lowest BCUT2D eigenvalue weighted by Gasteiger charge is -2.46. The van der Waals surface area contributed by atoms with Gasteiger partial charge in [0.05, 0.1) is 16.4 Å². The van der Waals surface area contributed by atoms with Gasteiger partial charge in [0.2, 0.25) is 0 Å². The molecule has 2 rings (SSSR count). The zero-order valence-electron chi connectivity index (χ0n) is 14.0. The van der Waals surface area contributed by atoms with Crippen molar-refractivity contribution in [1.29, 1.82) is 0 Å². The summed E-state index contributed by atoms with van der Waals surface area (Å²) in [6.45, 7) is 11.8. The van der Waals surface area contributed by atoms with Crippen LogP contribution in [0.4, 0.5) is 0 Å². The van der Waals surface area contributed by atoms with Crippen LogP contribution >= 0.6 is 11.6 Å². The van der Waals surface area contributed by atoms with Gasteiger partial charge in [-0.2, -0.15) is 5.10 Å². The third-order valence-corrected chi connectivity index (χ3v) is 5.34. The molecule has 0 bridgehead atoms. The number of nitrogens with zero attached hydrogens (tertiary/aromatic N) is 3. The van der Waals surface area contributed by atoms with E-state index in [0.717, 1.165) is 42.5 Å². The van der Waals surface area contributed by atoms with Crippen LogP contribution in [0.25, 0.3) is 0 Å². The van der Waals surface area contributed by atoms with E-state index in [1.54, 1.807) is 0 Å². The summed E-state index contributed by atoms with van der Waals surface area (Å²) < 4.78 is 1.94. The molecule has 1 saturated heterocycles. The van der Waals surface area contributed by atoms with Gasteiger partial charge in [-0.1, -0.05) is 31.9 Å². The average molecular weight is 313 g/mol. The minimum atomic E-state index is 0.199. The van der Waals surface area contributed by atoms with Gasteiger partial charge < -0.3 is 5.32 Å². The summed E-state index contributed by atoms with van der Waals surface area (Å²) in [4.78, 5) is 2.59. The molecule has 1 fully saturated rings. The average Bonchev–Trinajstić information content (AvgIpc) is 2.69. The Hall–Kier alpha value is -0.580. The van der Waals surface area contributed by atoms with E-state index >= 15 is 0 Å². The standard InChI is InChI=1S/C16H29ClN4/c1-6-8-13-9-18-16(4,7-2)11-21(13)10-14-15(17)12(3)19-20(14)5/h13,18H,6-11H2,1-5H3. The fourth-order valence-corrected chi connectivity index (χ4v) is 3.43. The van der Waals surface area contributed by atoms with E-state index in [-0.39, 0.29) is 5.54 Å². The van der Waals surface area contributed by atoms with Crippen molar-refractivity contribution < 1.29 is 0 Å². The molecule has 1 aliphatic rings. The van der Waals surface area contributed by atoms with Crippen LogP contribution < -0.4 is 5.32 Å². The lowest BCUT2D eigenvalue weighted by Crippen LogP contribution is -2.62. The number of hydrogen-bond acceptors (Lipinski definition) is 3. The van der Waals surface area contributed by atoms with E-state index in [9.17, 15) is 0 Å². The van der Waals surface area contributed by atoms with Crippen LogP contribution in [0, 0.1) is 6.92 Å². The second-order valence-electron chi connectivity index (χ2n) is 6.61. The molecule has 0 spiro atoms. The highest BCUT2D eigenvalue weighted by Gasteiger charge is 2.34. The molecule has 0 aliphatic carbocycles. The van der Waals surface area contributed by atoms with Crippen LogP contribution in [0.5, 0.6) is 0 Å². The highest BCUT2D eigenvalue weighted by atomic mass is 35.5. The van der Waals surface area contributed by atoms with Gasteiger partial charge in [-0.05, 0) is 26.7 Å². The van der Waals surface area contributed by atoms with Crippen LogP contribution in [0.15, 0.2) is 0 Å². The predicted molar refractivity (Wildman–Crippen MR) is 88.8 cm³/mol. The van der Waals surface area contributed by atoms with Crippen molar-refractivity contribution in [3.8, 4) is 0 Å². The van der Waals surface area contributed by atoms with E-state index in [2.05, 4.69) is 36.1 Å². The lowest BCUT2D eigenvalue weighted by atomic mass is 9.92. The van der Waals surface area contributed by atoms with Gasteiger partial charge in [-0.3, -0.25) is 9.58 Å². The number of aromatic nitrogens is 2. The van der Waals surface area contributed by atoms with Gasteiger partial charge in [0.25, 0.3) is 0 Å². The first-order valence-electron chi connectivity index (χ1n) is 8.07. The first kappa shape index (κ1) is 16.8. The molecule has 0 radical (unpaired) electrons. The van der Waals surface area contributed by atoms with Gasteiger partial charge >= 0.3 is 0 Å². The molecule has 5 heteroatoms. The largest absolute Gasteiger partial charge is 0.309 e. The van der Waals surface area contributed by atoms with Gasteiger partial charge in [-0.25, -0.2) is 0 Å². The summed E-state index contributed by atoms with van der Waals surface area (Å²) in [5.74, 6) is 0. The molecule has 0 saturated carbocycles. The van der Waals surface area contributed by atoms with Gasteiger partial charge in [0.1, 0.15) is 0 Å². The number of halogens is 1. The lowest BCUT2D eigenvalue weighted by molar-refractivity contribution is 0.0705. The Balaban J connectivity index is 2.19. The number of hydrogen-bond donors (Lipinski definition) is 1. The molecule has 2 atom stereocenters. The SMILES string of the molecule is CCCC1CNC(C)(CC)CN1Cc1c(Cl)c(C)nn1C. The molecule has 21 heavy (non-hydrogen) atoms. The zero-order chi connectivity index (χ0) is 15.6. The molecule has 1 aliphatic heterocycles. The van der Waals surface area contributed by atoms with E-state index in [1.807, 2.05) is 18.7 Å². The minimum Gasteiger partial charge on any atom is -0.309 e. The fraction of sp³-hybridized carbons (Fsp3) is 0.812. The zero-order valence-corrected chi connectivity index (χ0v) is 14.8. The van der Waals surface area contributed by atoms with Gasteiger partial charge in [0, 0.05) is 38.3 Å². The Morgan fingerprint density at radius 1 is 1.43 bits per heavy atom. The first-order chi connectivity index (χ1) is 9.90. The Morgan fingerprint density at radius 2 is 2.14 bits per heavy atom. The predicted octanol–water partition coefficient (Wildman–Crippen LogP) is 3.12. The summed E-state index contributed by atoms with van der Waals surface area (Å²) in [6.07, 6.45) is 3.57. The molecule has 0 amide bonds. The highest BCUT2D eigenvalue weighted by molar-refractivity contribution is 6.31. The van der Waals surface area contributed by atoms with Crippen LogP contribution in [0.1, 0.15) is 51.4 Å². The molecule has 2 unspecified atom stereocenters. The molecule has 1 aromatic heterocycles. The highest BCUT2D eigenvalue weighted by Crippen LogP contribution is 2.26. The minimum absolute atomic E-state index is 0.199. The van der Waals surface area contributed by atoms with Crippen molar-refractivity contribution in [2.45, 2.75) is 65.1 Å². The molecular formula is C16H29ClN4. The Bertz CT molecular complexity index is 485. The summed E-state index contributed by atoms with van der Waals surface area (Å²) in [6, 6.07) is 0.584. The molecule has 0 aromatic carbocycles. The van der Waals surface area contributed by atoms with Crippen LogP contribution in [-0.2, 0) is 13.6 Å². The van der Waals surface area contributed by atoms with Crippen molar-refractivity contribution in [3.63, 3.8) is 0 Å². The molecular weight excluding hydrogens is 284 g/mol. The molecule has 1 N–H and O–H groups in total. The second kappa shape index (κ2) is 6.67. The monoisotopic (exact) mass is 312 g/mol. The van der Waals surface area contributed by atoms with E-state index in [1.165, 1.54) is 12.8 Å². The summed E-state index contributed by atoms with van der Waals surface area (Å²) in [5, 5.41) is 9.00. The summed E-state index contributed by atoms with van der Waals surface area (Å²) in [7, 11) is 1.99. The molecule has 120 valence electrons. The molecule has 1 aromatic rings. The number of rotatable bonds is 5. The first-order valence-corrected chi connectivity index (χ1v) is 8.45.